The van der Waals surface area contributed by atoms with Gasteiger partial charge in [0, 0.05) is 11.1 Å². The molecule has 0 radical (unpaired) electrons. The molecule has 3 rings (SSSR count). The summed E-state index contributed by atoms with van der Waals surface area (Å²) in [5, 5.41) is 0. The predicted octanol–water partition coefficient (Wildman–Crippen LogP) is 4.83. The molecule has 0 amide bonds. The topological polar surface area (TPSA) is 12.9 Å². The Morgan fingerprint density at radius 3 is 2.00 bits per heavy atom. The van der Waals surface area contributed by atoms with Crippen molar-refractivity contribution in [2.24, 2.45) is 0 Å². The summed E-state index contributed by atoms with van der Waals surface area (Å²) >= 11 is 1.71. The molecule has 2 aromatic rings. The lowest BCUT2D eigenvalue weighted by Crippen LogP contribution is -2.04. The van der Waals surface area contributed by atoms with Crippen molar-refractivity contribution >= 4 is 11.3 Å². The molecule has 1 aliphatic carbocycles. The summed E-state index contributed by atoms with van der Waals surface area (Å²) in [5.41, 5.74) is 7.99. The highest BCUT2D eigenvalue weighted by molar-refractivity contribution is 7.09. The third-order valence-electron chi connectivity index (χ3n) is 3.59. The highest BCUT2D eigenvalue weighted by Gasteiger charge is 2.10. The van der Waals surface area contributed by atoms with Crippen LogP contribution in [-0.2, 0) is 19.3 Å². The molecule has 0 aliphatic heterocycles. The zero-order valence-corrected chi connectivity index (χ0v) is 12.8. The maximum atomic E-state index is 3.91. The van der Waals surface area contributed by atoms with E-state index in [-0.39, 0.29) is 0 Å². The molecule has 0 fully saturated rings. The van der Waals surface area contributed by atoms with Crippen LogP contribution in [0.5, 0.6) is 0 Å². The van der Waals surface area contributed by atoms with E-state index in [0.717, 1.165) is 19.3 Å². The molecular formula is C17H21NS. The number of aryl methyl sites for hydroxylation is 1. The minimum atomic E-state index is 1.12. The number of hydrogen-bond donors (Lipinski definition) is 0. The standard InChI is InChI=1S/C12H14.C5H7NS/c1-9-7-11-5-3-4-6-12(11)8-10(9)2;1-2-5-3-6-4-7-5/h3-6H,7-8H2,1-2H3;3-4H,2H2,1H3. The molecule has 1 heterocycles. The molecule has 100 valence electrons. The molecule has 1 aliphatic rings. The van der Waals surface area contributed by atoms with Crippen LogP contribution in [0.25, 0.3) is 0 Å². The second-order valence-corrected chi connectivity index (χ2v) is 5.98. The quantitative estimate of drug-likeness (QED) is 0.677. The van der Waals surface area contributed by atoms with Crippen molar-refractivity contribution in [3.63, 3.8) is 0 Å². The summed E-state index contributed by atoms with van der Waals surface area (Å²) in [6.07, 6.45) is 5.33. The van der Waals surface area contributed by atoms with Crippen LogP contribution in [0.15, 0.2) is 47.1 Å². The number of aromatic nitrogens is 1. The molecule has 1 aromatic heterocycles. The number of thiazole rings is 1. The second-order valence-electron chi connectivity index (χ2n) is 5.00. The normalized spacial score (nSPS) is 13.6. The van der Waals surface area contributed by atoms with Crippen LogP contribution >= 0.6 is 11.3 Å². The first-order valence-electron chi connectivity index (χ1n) is 6.80. The molecule has 1 aromatic carbocycles. The van der Waals surface area contributed by atoms with Gasteiger partial charge in [-0.3, -0.25) is 4.98 Å². The number of allylic oxidation sites excluding steroid dienone is 2. The lowest BCUT2D eigenvalue weighted by atomic mass is 9.88. The van der Waals surface area contributed by atoms with Crippen LogP contribution in [0.2, 0.25) is 0 Å². The van der Waals surface area contributed by atoms with E-state index in [0.29, 0.717) is 0 Å². The van der Waals surface area contributed by atoms with E-state index in [2.05, 4.69) is 50.0 Å². The Balaban J connectivity index is 0.000000163. The zero-order chi connectivity index (χ0) is 13.7. The van der Waals surface area contributed by atoms with Crippen molar-refractivity contribution < 1.29 is 0 Å². The zero-order valence-electron chi connectivity index (χ0n) is 11.9. The third-order valence-corrected chi connectivity index (χ3v) is 4.51. The lowest BCUT2D eigenvalue weighted by Gasteiger charge is -2.18. The fourth-order valence-corrected chi connectivity index (χ4v) is 2.74. The minimum Gasteiger partial charge on any atom is -0.253 e. The average Bonchev–Trinajstić information content (AvgIpc) is 2.94. The molecule has 19 heavy (non-hydrogen) atoms. The van der Waals surface area contributed by atoms with Crippen molar-refractivity contribution in [2.45, 2.75) is 40.0 Å². The highest BCUT2D eigenvalue weighted by atomic mass is 32.1. The Hall–Kier alpha value is -1.41. The van der Waals surface area contributed by atoms with Gasteiger partial charge in [0.1, 0.15) is 0 Å². The van der Waals surface area contributed by atoms with Gasteiger partial charge in [0.2, 0.25) is 0 Å². The van der Waals surface area contributed by atoms with Crippen molar-refractivity contribution in [2.75, 3.05) is 0 Å². The van der Waals surface area contributed by atoms with Gasteiger partial charge in [0.05, 0.1) is 5.51 Å². The first kappa shape index (κ1) is 14.0. The van der Waals surface area contributed by atoms with Crippen LogP contribution < -0.4 is 0 Å². The van der Waals surface area contributed by atoms with Gasteiger partial charge >= 0.3 is 0 Å². The highest BCUT2D eigenvalue weighted by Crippen LogP contribution is 2.24. The molecule has 0 atom stereocenters. The van der Waals surface area contributed by atoms with Crippen molar-refractivity contribution in [1.29, 1.82) is 0 Å². The van der Waals surface area contributed by atoms with Gasteiger partial charge in [-0.05, 0) is 44.2 Å². The van der Waals surface area contributed by atoms with Crippen molar-refractivity contribution in [3.8, 4) is 0 Å². The predicted molar refractivity (Wildman–Crippen MR) is 83.7 cm³/mol. The van der Waals surface area contributed by atoms with Gasteiger partial charge in [-0.1, -0.05) is 42.3 Å². The molecule has 0 unspecified atom stereocenters. The van der Waals surface area contributed by atoms with Gasteiger partial charge in [0.15, 0.2) is 0 Å². The Labute approximate surface area is 120 Å². The van der Waals surface area contributed by atoms with Crippen LogP contribution in [0.4, 0.5) is 0 Å². The Morgan fingerprint density at radius 1 is 1.05 bits per heavy atom. The van der Waals surface area contributed by atoms with Crippen LogP contribution in [-0.4, -0.2) is 4.98 Å². The smallest absolute Gasteiger partial charge is 0.0794 e. The Kier molecular flexibility index (Phi) is 4.92. The number of fused-ring (bicyclic) bond motifs is 1. The Morgan fingerprint density at radius 2 is 1.63 bits per heavy atom. The molecule has 0 saturated carbocycles. The molecule has 0 saturated heterocycles. The minimum absolute atomic E-state index is 1.12. The van der Waals surface area contributed by atoms with E-state index < -0.39 is 0 Å². The summed E-state index contributed by atoms with van der Waals surface area (Å²) in [6, 6.07) is 8.75. The number of hydrogen-bond acceptors (Lipinski definition) is 2. The van der Waals surface area contributed by atoms with E-state index in [1.54, 1.807) is 22.5 Å². The first-order valence-corrected chi connectivity index (χ1v) is 7.68. The molecule has 0 spiro atoms. The van der Waals surface area contributed by atoms with Crippen LogP contribution in [0.3, 0.4) is 0 Å². The SMILES string of the molecule is CC1=C(C)Cc2ccccc2C1.CCc1cncs1. The van der Waals surface area contributed by atoms with Crippen molar-refractivity contribution in [1.82, 2.24) is 4.98 Å². The first-order chi connectivity index (χ1) is 9.20. The monoisotopic (exact) mass is 271 g/mol. The molecule has 0 N–H and O–H groups in total. The summed E-state index contributed by atoms with van der Waals surface area (Å²) in [6.45, 7) is 6.62. The van der Waals surface area contributed by atoms with Gasteiger partial charge in [-0.15, -0.1) is 11.3 Å². The van der Waals surface area contributed by atoms with E-state index in [1.165, 1.54) is 16.0 Å². The van der Waals surface area contributed by atoms with E-state index >= 15 is 0 Å². The van der Waals surface area contributed by atoms with Gasteiger partial charge in [-0.2, -0.15) is 0 Å². The molecule has 2 heteroatoms. The van der Waals surface area contributed by atoms with E-state index in [4.69, 9.17) is 0 Å². The summed E-state index contributed by atoms with van der Waals surface area (Å²) in [4.78, 5) is 5.27. The second kappa shape index (κ2) is 6.67. The molecule has 0 bridgehead atoms. The maximum absolute atomic E-state index is 3.91. The summed E-state index contributed by atoms with van der Waals surface area (Å²) < 4.78 is 0. The Bertz CT molecular complexity index is 519. The van der Waals surface area contributed by atoms with Crippen LogP contribution in [0, 0.1) is 0 Å². The van der Waals surface area contributed by atoms with Crippen molar-refractivity contribution in [3.05, 3.63) is 63.1 Å². The third kappa shape index (κ3) is 3.77. The average molecular weight is 271 g/mol. The maximum Gasteiger partial charge on any atom is 0.0794 e. The summed E-state index contributed by atoms with van der Waals surface area (Å²) in [7, 11) is 0. The van der Waals surface area contributed by atoms with E-state index in [9.17, 15) is 0 Å². The van der Waals surface area contributed by atoms with E-state index in [1.807, 2.05) is 11.7 Å². The number of nitrogens with zero attached hydrogens (tertiary/aromatic N) is 1. The van der Waals surface area contributed by atoms with Crippen LogP contribution in [0.1, 0.15) is 36.8 Å². The fourth-order valence-electron chi connectivity index (χ4n) is 2.19. The number of rotatable bonds is 1. The largest absolute Gasteiger partial charge is 0.253 e. The molecule has 1 nitrogen and oxygen atoms in total. The summed E-state index contributed by atoms with van der Waals surface area (Å²) in [5.74, 6) is 0. The number of benzene rings is 1. The van der Waals surface area contributed by atoms with Gasteiger partial charge < -0.3 is 0 Å². The molecular weight excluding hydrogens is 250 g/mol. The van der Waals surface area contributed by atoms with Gasteiger partial charge in [0.25, 0.3) is 0 Å². The van der Waals surface area contributed by atoms with Gasteiger partial charge in [-0.25, -0.2) is 0 Å². The lowest BCUT2D eigenvalue weighted by molar-refractivity contribution is 0.952. The fraction of sp³-hybridized carbons (Fsp3) is 0.353.